The van der Waals surface area contributed by atoms with Crippen LogP contribution in [0.5, 0.6) is 0 Å². The van der Waals surface area contributed by atoms with E-state index in [9.17, 15) is 4.79 Å². The SMILES string of the molecule is COC(CNC(/C=C/c1ccccc1)C(N)=O)OC. The van der Waals surface area contributed by atoms with Crippen molar-refractivity contribution in [1.82, 2.24) is 5.32 Å². The van der Waals surface area contributed by atoms with Gasteiger partial charge in [0.15, 0.2) is 6.29 Å². The van der Waals surface area contributed by atoms with Crippen LogP contribution in [-0.4, -0.2) is 39.0 Å². The molecule has 0 aromatic heterocycles. The number of amides is 1. The zero-order valence-corrected chi connectivity index (χ0v) is 11.2. The molecule has 5 nitrogen and oxygen atoms in total. The van der Waals surface area contributed by atoms with Crippen molar-refractivity contribution in [3.63, 3.8) is 0 Å². The van der Waals surface area contributed by atoms with Gasteiger partial charge < -0.3 is 15.2 Å². The highest BCUT2D eigenvalue weighted by molar-refractivity contribution is 5.83. The van der Waals surface area contributed by atoms with E-state index in [1.165, 1.54) is 14.2 Å². The second kappa shape index (κ2) is 8.42. The van der Waals surface area contributed by atoms with Crippen molar-refractivity contribution >= 4 is 12.0 Å². The summed E-state index contributed by atoms with van der Waals surface area (Å²) in [6.45, 7) is 0.375. The number of carbonyl (C=O) groups excluding carboxylic acids is 1. The molecule has 0 aliphatic carbocycles. The van der Waals surface area contributed by atoms with Crippen LogP contribution in [0.3, 0.4) is 0 Å². The topological polar surface area (TPSA) is 73.6 Å². The summed E-state index contributed by atoms with van der Waals surface area (Å²) in [6, 6.07) is 9.12. The van der Waals surface area contributed by atoms with Crippen LogP contribution in [0.15, 0.2) is 36.4 Å². The van der Waals surface area contributed by atoms with Gasteiger partial charge in [-0.3, -0.25) is 10.1 Å². The number of hydrogen-bond donors (Lipinski definition) is 2. The van der Waals surface area contributed by atoms with Gasteiger partial charge in [-0.25, -0.2) is 0 Å². The summed E-state index contributed by atoms with van der Waals surface area (Å²) in [5, 5.41) is 2.98. The Morgan fingerprint density at radius 3 is 2.47 bits per heavy atom. The van der Waals surface area contributed by atoms with Gasteiger partial charge >= 0.3 is 0 Å². The molecule has 0 fully saturated rings. The first-order chi connectivity index (χ1) is 9.17. The maximum absolute atomic E-state index is 11.3. The van der Waals surface area contributed by atoms with Gasteiger partial charge in [0.05, 0.1) is 0 Å². The summed E-state index contributed by atoms with van der Waals surface area (Å²) in [5.41, 5.74) is 6.34. The van der Waals surface area contributed by atoms with Crippen LogP contribution in [0.25, 0.3) is 6.08 Å². The van der Waals surface area contributed by atoms with Gasteiger partial charge in [-0.1, -0.05) is 42.5 Å². The van der Waals surface area contributed by atoms with E-state index in [1.54, 1.807) is 6.08 Å². The molecular weight excluding hydrogens is 244 g/mol. The van der Waals surface area contributed by atoms with Gasteiger partial charge in [0.25, 0.3) is 0 Å². The van der Waals surface area contributed by atoms with E-state index >= 15 is 0 Å². The molecule has 1 aromatic carbocycles. The molecule has 1 atom stereocenters. The summed E-state index contributed by atoms with van der Waals surface area (Å²) in [7, 11) is 3.07. The lowest BCUT2D eigenvalue weighted by Crippen LogP contribution is -2.43. The van der Waals surface area contributed by atoms with E-state index in [1.807, 2.05) is 36.4 Å². The Labute approximate surface area is 113 Å². The van der Waals surface area contributed by atoms with E-state index in [4.69, 9.17) is 15.2 Å². The van der Waals surface area contributed by atoms with Crippen molar-refractivity contribution in [2.24, 2.45) is 5.73 Å². The molecule has 0 radical (unpaired) electrons. The first-order valence-electron chi connectivity index (χ1n) is 5.99. The van der Waals surface area contributed by atoms with Crippen LogP contribution >= 0.6 is 0 Å². The Bertz CT molecular complexity index is 402. The van der Waals surface area contributed by atoms with Crippen LogP contribution in [0.1, 0.15) is 5.56 Å². The Morgan fingerprint density at radius 2 is 1.95 bits per heavy atom. The number of methoxy groups -OCH3 is 2. The number of carbonyl (C=O) groups is 1. The predicted octanol–water partition coefficient (Wildman–Crippen LogP) is 0.762. The van der Waals surface area contributed by atoms with Crippen LogP contribution in [0, 0.1) is 0 Å². The summed E-state index contributed by atoms with van der Waals surface area (Å²) >= 11 is 0. The number of primary amides is 1. The fourth-order valence-corrected chi connectivity index (χ4v) is 1.52. The molecule has 104 valence electrons. The van der Waals surface area contributed by atoms with Crippen LogP contribution in [0.2, 0.25) is 0 Å². The Balaban J connectivity index is 2.58. The molecule has 0 aliphatic heterocycles. The molecular formula is C14H20N2O3. The highest BCUT2D eigenvalue weighted by atomic mass is 16.7. The van der Waals surface area contributed by atoms with Gasteiger partial charge in [-0.2, -0.15) is 0 Å². The zero-order chi connectivity index (χ0) is 14.1. The van der Waals surface area contributed by atoms with Crippen molar-refractivity contribution in [2.75, 3.05) is 20.8 Å². The standard InChI is InChI=1S/C14H20N2O3/c1-18-13(19-2)10-16-12(14(15)17)9-8-11-6-4-3-5-7-11/h3-9,12-13,16H,10H2,1-2H3,(H2,15,17)/b9-8+. The zero-order valence-electron chi connectivity index (χ0n) is 11.2. The summed E-state index contributed by atoms with van der Waals surface area (Å²) in [6.07, 6.45) is 3.16. The molecule has 3 N–H and O–H groups in total. The number of nitrogens with two attached hydrogens (primary N) is 1. The average Bonchev–Trinajstić information content (AvgIpc) is 2.43. The minimum absolute atomic E-state index is 0.375. The molecule has 0 spiro atoms. The molecule has 0 saturated carbocycles. The largest absolute Gasteiger partial charge is 0.368 e. The predicted molar refractivity (Wildman–Crippen MR) is 74.3 cm³/mol. The highest BCUT2D eigenvalue weighted by Crippen LogP contribution is 2.02. The molecule has 0 heterocycles. The van der Waals surface area contributed by atoms with Crippen molar-refractivity contribution in [3.8, 4) is 0 Å². The van der Waals surface area contributed by atoms with E-state index < -0.39 is 18.2 Å². The van der Waals surface area contributed by atoms with E-state index in [0.29, 0.717) is 6.54 Å². The van der Waals surface area contributed by atoms with Gasteiger partial charge in [-0.15, -0.1) is 0 Å². The number of nitrogens with one attached hydrogen (secondary N) is 1. The molecule has 0 bridgehead atoms. The van der Waals surface area contributed by atoms with Crippen LogP contribution < -0.4 is 11.1 Å². The van der Waals surface area contributed by atoms with E-state index in [-0.39, 0.29) is 0 Å². The second-order valence-corrected chi connectivity index (χ2v) is 3.96. The van der Waals surface area contributed by atoms with Crippen LogP contribution in [0.4, 0.5) is 0 Å². The second-order valence-electron chi connectivity index (χ2n) is 3.96. The molecule has 0 aliphatic rings. The smallest absolute Gasteiger partial charge is 0.238 e. The number of hydrogen-bond acceptors (Lipinski definition) is 4. The molecule has 1 unspecified atom stereocenters. The first-order valence-corrected chi connectivity index (χ1v) is 5.99. The third-order valence-electron chi connectivity index (χ3n) is 2.62. The van der Waals surface area contributed by atoms with Crippen molar-refractivity contribution in [1.29, 1.82) is 0 Å². The van der Waals surface area contributed by atoms with Crippen molar-refractivity contribution in [3.05, 3.63) is 42.0 Å². The lowest BCUT2D eigenvalue weighted by Gasteiger charge is -2.17. The maximum Gasteiger partial charge on any atom is 0.238 e. The average molecular weight is 264 g/mol. The Morgan fingerprint density at radius 1 is 1.32 bits per heavy atom. The summed E-state index contributed by atoms with van der Waals surface area (Å²) < 4.78 is 10.1. The molecule has 0 saturated heterocycles. The monoisotopic (exact) mass is 264 g/mol. The Hall–Kier alpha value is -1.69. The summed E-state index contributed by atoms with van der Waals surface area (Å²) in [4.78, 5) is 11.3. The van der Waals surface area contributed by atoms with E-state index in [2.05, 4.69) is 5.32 Å². The highest BCUT2D eigenvalue weighted by Gasteiger charge is 2.13. The minimum Gasteiger partial charge on any atom is -0.368 e. The minimum atomic E-state index is -0.562. The number of benzene rings is 1. The molecule has 1 amide bonds. The van der Waals surface area contributed by atoms with E-state index in [0.717, 1.165) is 5.56 Å². The lowest BCUT2D eigenvalue weighted by atomic mass is 10.1. The molecule has 1 aromatic rings. The molecule has 1 rings (SSSR count). The lowest BCUT2D eigenvalue weighted by molar-refractivity contribution is -0.120. The number of rotatable bonds is 8. The van der Waals surface area contributed by atoms with Gasteiger partial charge in [-0.05, 0) is 5.56 Å². The Kier molecular flexibility index (Phi) is 6.81. The van der Waals surface area contributed by atoms with Crippen molar-refractivity contribution in [2.45, 2.75) is 12.3 Å². The number of ether oxygens (including phenoxy) is 2. The normalized spacial score (nSPS) is 13.0. The maximum atomic E-state index is 11.3. The third kappa shape index (κ3) is 5.65. The molecule has 19 heavy (non-hydrogen) atoms. The third-order valence-corrected chi connectivity index (χ3v) is 2.62. The summed E-state index contributed by atoms with van der Waals surface area (Å²) in [5.74, 6) is -0.446. The van der Waals surface area contributed by atoms with Crippen LogP contribution in [-0.2, 0) is 14.3 Å². The fraction of sp³-hybridized carbons (Fsp3) is 0.357. The molecule has 5 heteroatoms. The first kappa shape index (κ1) is 15.4. The van der Waals surface area contributed by atoms with Gasteiger partial charge in [0.2, 0.25) is 5.91 Å². The van der Waals surface area contributed by atoms with Gasteiger partial charge in [0.1, 0.15) is 6.04 Å². The fourth-order valence-electron chi connectivity index (χ4n) is 1.52. The van der Waals surface area contributed by atoms with Crippen molar-refractivity contribution < 1.29 is 14.3 Å². The van der Waals surface area contributed by atoms with Gasteiger partial charge in [0, 0.05) is 20.8 Å². The quantitative estimate of drug-likeness (QED) is 0.680.